The number of rotatable bonds is 5. The van der Waals surface area contributed by atoms with Crippen LogP contribution in [0.15, 0.2) is 6.07 Å². The average molecular weight is 239 g/mol. The van der Waals surface area contributed by atoms with Crippen LogP contribution in [-0.2, 0) is 6.54 Å². The van der Waals surface area contributed by atoms with Crippen LogP contribution in [0.25, 0.3) is 0 Å². The van der Waals surface area contributed by atoms with Gasteiger partial charge in [-0.2, -0.15) is 0 Å². The van der Waals surface area contributed by atoms with Crippen molar-refractivity contribution in [2.75, 3.05) is 19.1 Å². The van der Waals surface area contributed by atoms with Gasteiger partial charge in [-0.15, -0.1) is 0 Å². The Bertz CT molecular complexity index is 380. The molecule has 1 aromatic rings. The first kappa shape index (κ1) is 13.8. The Morgan fingerprint density at radius 3 is 2.65 bits per heavy atom. The molecule has 0 unspecified atom stereocenters. The molecule has 1 rings (SSSR count). The molecule has 0 spiro atoms. The molecule has 6 heteroatoms. The zero-order valence-electron chi connectivity index (χ0n) is 10.9. The number of aryl methyl sites for hydroxylation is 1. The summed E-state index contributed by atoms with van der Waals surface area (Å²) >= 11 is 0. The van der Waals surface area contributed by atoms with E-state index in [0.717, 1.165) is 5.69 Å². The summed E-state index contributed by atoms with van der Waals surface area (Å²) in [4.78, 5) is 10.6. The first-order valence-corrected chi connectivity index (χ1v) is 5.52. The molecule has 0 saturated carbocycles. The zero-order chi connectivity index (χ0) is 13.1. The average Bonchev–Trinajstić information content (AvgIpc) is 2.28. The fourth-order valence-corrected chi connectivity index (χ4v) is 1.32. The third-order valence-electron chi connectivity index (χ3n) is 2.85. The van der Waals surface area contributed by atoms with Crippen LogP contribution in [-0.4, -0.2) is 39.2 Å². The van der Waals surface area contributed by atoms with Crippen LogP contribution in [0.2, 0.25) is 0 Å². The van der Waals surface area contributed by atoms with Crippen molar-refractivity contribution >= 4 is 5.82 Å². The molecule has 0 fully saturated rings. The fraction of sp³-hybridized carbons (Fsp3) is 0.636. The topological polar surface area (TPSA) is 87.3 Å². The van der Waals surface area contributed by atoms with Crippen molar-refractivity contribution in [1.29, 1.82) is 0 Å². The fourth-order valence-electron chi connectivity index (χ4n) is 1.32. The van der Waals surface area contributed by atoms with Crippen molar-refractivity contribution in [3.8, 4) is 0 Å². The van der Waals surface area contributed by atoms with Crippen molar-refractivity contribution in [1.82, 2.24) is 14.9 Å². The molecule has 0 radical (unpaired) electrons. The molecule has 0 atom stereocenters. The van der Waals surface area contributed by atoms with E-state index in [9.17, 15) is 5.11 Å². The second-order valence-corrected chi connectivity index (χ2v) is 4.78. The number of aromatic nitrogens is 2. The Kier molecular flexibility index (Phi) is 4.39. The molecule has 6 nitrogen and oxygen atoms in total. The van der Waals surface area contributed by atoms with Gasteiger partial charge in [-0.1, -0.05) is 0 Å². The van der Waals surface area contributed by atoms with Gasteiger partial charge in [0.25, 0.3) is 0 Å². The number of aliphatic hydroxyl groups is 1. The summed E-state index contributed by atoms with van der Waals surface area (Å²) in [5.41, 5.74) is 3.07. The predicted molar refractivity (Wildman–Crippen MR) is 67.2 cm³/mol. The van der Waals surface area contributed by atoms with E-state index < -0.39 is 0 Å². The Hall–Kier alpha value is -1.24. The van der Waals surface area contributed by atoms with Gasteiger partial charge in [0.2, 0.25) is 0 Å². The lowest BCUT2D eigenvalue weighted by Gasteiger charge is -2.33. The normalized spacial score (nSPS) is 11.9. The molecule has 4 N–H and O–H groups in total. The number of nitrogens with one attached hydrogen (secondary N) is 1. The molecule has 0 aliphatic rings. The SMILES string of the molecule is Cc1cc(NN)nc(CN(C)C(C)(C)CO)n1. The third kappa shape index (κ3) is 3.62. The van der Waals surface area contributed by atoms with Gasteiger partial charge in [0, 0.05) is 17.3 Å². The molecule has 1 heterocycles. The maximum Gasteiger partial charge on any atom is 0.145 e. The van der Waals surface area contributed by atoms with Crippen molar-refractivity contribution in [2.24, 2.45) is 5.84 Å². The molecule has 0 saturated heterocycles. The number of hydrogen-bond donors (Lipinski definition) is 3. The van der Waals surface area contributed by atoms with E-state index in [4.69, 9.17) is 5.84 Å². The Morgan fingerprint density at radius 1 is 1.47 bits per heavy atom. The summed E-state index contributed by atoms with van der Waals surface area (Å²) < 4.78 is 0. The van der Waals surface area contributed by atoms with E-state index in [1.165, 1.54) is 0 Å². The van der Waals surface area contributed by atoms with E-state index in [1.807, 2.05) is 32.7 Å². The van der Waals surface area contributed by atoms with Crippen LogP contribution in [0, 0.1) is 6.92 Å². The summed E-state index contributed by atoms with van der Waals surface area (Å²) in [5, 5.41) is 9.28. The van der Waals surface area contributed by atoms with Gasteiger partial charge in [0.1, 0.15) is 11.6 Å². The van der Waals surface area contributed by atoms with Crippen LogP contribution >= 0.6 is 0 Å². The van der Waals surface area contributed by atoms with E-state index in [1.54, 1.807) is 6.07 Å². The first-order valence-electron chi connectivity index (χ1n) is 5.52. The molecular weight excluding hydrogens is 218 g/mol. The summed E-state index contributed by atoms with van der Waals surface area (Å²) in [5.74, 6) is 6.62. The Balaban J connectivity index is 2.84. The van der Waals surface area contributed by atoms with Gasteiger partial charge in [-0.05, 0) is 27.8 Å². The van der Waals surface area contributed by atoms with Crippen LogP contribution in [0.3, 0.4) is 0 Å². The van der Waals surface area contributed by atoms with Gasteiger partial charge >= 0.3 is 0 Å². The van der Waals surface area contributed by atoms with E-state index in [2.05, 4.69) is 15.4 Å². The molecule has 17 heavy (non-hydrogen) atoms. The summed E-state index contributed by atoms with van der Waals surface area (Å²) in [7, 11) is 1.93. The standard InChI is InChI=1S/C11H21N5O/c1-8-5-9(15-12)14-10(13-8)6-16(4)11(2,3)7-17/h5,17H,6-7,12H2,1-4H3,(H,13,14,15). The lowest BCUT2D eigenvalue weighted by molar-refractivity contribution is 0.0714. The number of hydrogen-bond acceptors (Lipinski definition) is 6. The molecule has 0 bridgehead atoms. The number of anilines is 1. The maximum atomic E-state index is 9.28. The number of aliphatic hydroxyl groups excluding tert-OH is 1. The van der Waals surface area contributed by atoms with Gasteiger partial charge in [-0.25, -0.2) is 15.8 Å². The minimum atomic E-state index is -0.302. The number of nitrogens with two attached hydrogens (primary N) is 1. The largest absolute Gasteiger partial charge is 0.394 e. The predicted octanol–water partition coefficient (Wildman–Crippen LogP) is 0.273. The number of nitrogen functional groups attached to an aromatic ring is 1. The van der Waals surface area contributed by atoms with Crippen molar-refractivity contribution in [3.05, 3.63) is 17.6 Å². The summed E-state index contributed by atoms with van der Waals surface area (Å²) in [6.45, 7) is 6.46. The zero-order valence-corrected chi connectivity index (χ0v) is 10.9. The molecular formula is C11H21N5O. The quantitative estimate of drug-likeness (QED) is 0.505. The molecule has 0 aliphatic heterocycles. The Morgan fingerprint density at radius 2 is 2.12 bits per heavy atom. The molecule has 96 valence electrons. The van der Waals surface area contributed by atoms with Gasteiger partial charge in [0.05, 0.1) is 13.2 Å². The molecule has 0 amide bonds. The first-order chi connectivity index (χ1) is 7.89. The Labute approximate surface area is 102 Å². The highest BCUT2D eigenvalue weighted by molar-refractivity contribution is 5.33. The van der Waals surface area contributed by atoms with Crippen molar-refractivity contribution < 1.29 is 5.11 Å². The highest BCUT2D eigenvalue weighted by atomic mass is 16.3. The monoisotopic (exact) mass is 239 g/mol. The van der Waals surface area contributed by atoms with Gasteiger partial charge in [0.15, 0.2) is 0 Å². The second-order valence-electron chi connectivity index (χ2n) is 4.78. The van der Waals surface area contributed by atoms with Gasteiger partial charge < -0.3 is 10.5 Å². The van der Waals surface area contributed by atoms with Crippen molar-refractivity contribution in [2.45, 2.75) is 32.9 Å². The summed E-state index contributed by atoms with van der Waals surface area (Å²) in [6.07, 6.45) is 0. The highest BCUT2D eigenvalue weighted by Gasteiger charge is 2.23. The second kappa shape index (κ2) is 5.39. The minimum Gasteiger partial charge on any atom is -0.394 e. The van der Waals surface area contributed by atoms with Crippen molar-refractivity contribution in [3.63, 3.8) is 0 Å². The minimum absolute atomic E-state index is 0.0807. The van der Waals surface area contributed by atoms with Crippen LogP contribution < -0.4 is 11.3 Å². The summed E-state index contributed by atoms with van der Waals surface area (Å²) in [6, 6.07) is 1.78. The lowest BCUT2D eigenvalue weighted by Crippen LogP contribution is -2.44. The maximum absolute atomic E-state index is 9.28. The van der Waals surface area contributed by atoms with Crippen LogP contribution in [0.1, 0.15) is 25.4 Å². The molecule has 1 aromatic heterocycles. The third-order valence-corrected chi connectivity index (χ3v) is 2.85. The van der Waals surface area contributed by atoms with E-state index in [-0.39, 0.29) is 12.1 Å². The van der Waals surface area contributed by atoms with E-state index in [0.29, 0.717) is 18.2 Å². The van der Waals surface area contributed by atoms with Gasteiger partial charge in [-0.3, -0.25) is 4.90 Å². The van der Waals surface area contributed by atoms with Crippen LogP contribution in [0.4, 0.5) is 5.82 Å². The lowest BCUT2D eigenvalue weighted by atomic mass is 10.1. The van der Waals surface area contributed by atoms with E-state index >= 15 is 0 Å². The molecule has 0 aromatic carbocycles. The molecule has 0 aliphatic carbocycles. The number of nitrogens with zero attached hydrogens (tertiary/aromatic N) is 3. The number of likely N-dealkylation sites (N-methyl/N-ethyl adjacent to an activating group) is 1. The smallest absolute Gasteiger partial charge is 0.145 e. The van der Waals surface area contributed by atoms with Crippen LogP contribution in [0.5, 0.6) is 0 Å². The highest BCUT2D eigenvalue weighted by Crippen LogP contribution is 2.14. The number of hydrazine groups is 1.